The van der Waals surface area contributed by atoms with Crippen LogP contribution in [-0.4, -0.2) is 30.9 Å². The minimum Gasteiger partial charge on any atom is -0.359 e. The van der Waals surface area contributed by atoms with E-state index in [9.17, 15) is 4.79 Å². The molecule has 2 aliphatic rings. The van der Waals surface area contributed by atoms with E-state index in [4.69, 9.17) is 0 Å². The Morgan fingerprint density at radius 1 is 1.35 bits per heavy atom. The van der Waals surface area contributed by atoms with E-state index < -0.39 is 0 Å². The van der Waals surface area contributed by atoms with Crippen molar-refractivity contribution >= 4 is 5.91 Å². The van der Waals surface area contributed by atoms with Crippen LogP contribution in [-0.2, 0) is 10.3 Å². The van der Waals surface area contributed by atoms with Gasteiger partial charge in [-0.15, -0.1) is 0 Å². The number of likely N-dealkylation sites (tertiary alicyclic amines) is 1. The molecule has 0 aromatic heterocycles. The molecule has 1 saturated heterocycles. The largest absolute Gasteiger partial charge is 0.359 e. The Hall–Kier alpha value is -1.35. The maximum Gasteiger partial charge on any atom is 0.221 e. The standard InChI is InChI=1S/C17H24N2O/c1-18-16(20)10-12-19-13-15-9-5-6-11-17(15,19)14-7-3-2-4-8-14/h2-4,7-8,15H,5-6,9-13H2,1H3,(H,18,20)/t15-,17-/m1/s1. The fraction of sp³-hybridized carbons (Fsp3) is 0.588. The molecular formula is C17H24N2O. The number of fused-ring (bicyclic) bond motifs is 1. The lowest BCUT2D eigenvalue weighted by molar-refractivity contribution is -0.130. The van der Waals surface area contributed by atoms with Crippen LogP contribution < -0.4 is 5.32 Å². The summed E-state index contributed by atoms with van der Waals surface area (Å²) in [6, 6.07) is 10.9. The molecule has 1 aliphatic heterocycles. The monoisotopic (exact) mass is 272 g/mol. The van der Waals surface area contributed by atoms with Crippen molar-refractivity contribution in [2.45, 2.75) is 37.6 Å². The molecule has 1 aliphatic carbocycles. The molecule has 0 radical (unpaired) electrons. The Balaban J connectivity index is 1.80. The first-order chi connectivity index (χ1) is 9.77. The van der Waals surface area contributed by atoms with Crippen LogP contribution in [0.3, 0.4) is 0 Å². The minimum absolute atomic E-state index is 0.146. The Morgan fingerprint density at radius 3 is 2.85 bits per heavy atom. The molecule has 0 unspecified atom stereocenters. The number of benzene rings is 1. The lowest BCUT2D eigenvalue weighted by Gasteiger charge is -2.62. The fourth-order valence-corrected chi connectivity index (χ4v) is 4.14. The molecule has 108 valence electrons. The summed E-state index contributed by atoms with van der Waals surface area (Å²) in [6.45, 7) is 2.04. The van der Waals surface area contributed by atoms with Crippen molar-refractivity contribution in [3.05, 3.63) is 35.9 Å². The molecule has 1 saturated carbocycles. The van der Waals surface area contributed by atoms with Gasteiger partial charge in [0.15, 0.2) is 0 Å². The summed E-state index contributed by atoms with van der Waals surface area (Å²) in [5.41, 5.74) is 1.67. The zero-order chi connectivity index (χ0) is 14.0. The van der Waals surface area contributed by atoms with Crippen LogP contribution in [0.4, 0.5) is 0 Å². The highest BCUT2D eigenvalue weighted by Crippen LogP contribution is 2.53. The van der Waals surface area contributed by atoms with Crippen LogP contribution in [0.25, 0.3) is 0 Å². The van der Waals surface area contributed by atoms with Gasteiger partial charge in [0.1, 0.15) is 0 Å². The summed E-state index contributed by atoms with van der Waals surface area (Å²) in [5.74, 6) is 0.927. The molecule has 0 spiro atoms. The SMILES string of the molecule is CNC(=O)CCN1C[C@H]2CCCC[C@@]21c1ccccc1. The molecule has 2 fully saturated rings. The van der Waals surface area contributed by atoms with E-state index in [1.165, 1.54) is 31.2 Å². The van der Waals surface area contributed by atoms with E-state index in [0.717, 1.165) is 19.0 Å². The maximum absolute atomic E-state index is 11.5. The fourth-order valence-electron chi connectivity index (χ4n) is 4.14. The van der Waals surface area contributed by atoms with Gasteiger partial charge >= 0.3 is 0 Å². The highest BCUT2D eigenvalue weighted by atomic mass is 16.1. The van der Waals surface area contributed by atoms with Crippen molar-refractivity contribution in [3.8, 4) is 0 Å². The van der Waals surface area contributed by atoms with Crippen LogP contribution in [0.1, 0.15) is 37.7 Å². The summed E-state index contributed by atoms with van der Waals surface area (Å²) in [4.78, 5) is 14.1. The van der Waals surface area contributed by atoms with Gasteiger partial charge in [-0.2, -0.15) is 0 Å². The summed E-state index contributed by atoms with van der Waals surface area (Å²) >= 11 is 0. The molecule has 3 heteroatoms. The lowest BCUT2D eigenvalue weighted by Crippen LogP contribution is -2.66. The predicted molar refractivity (Wildman–Crippen MR) is 80.3 cm³/mol. The first kappa shape index (κ1) is 13.6. The van der Waals surface area contributed by atoms with Gasteiger partial charge in [-0.1, -0.05) is 43.2 Å². The number of nitrogens with one attached hydrogen (secondary N) is 1. The highest BCUT2D eigenvalue weighted by Gasteiger charge is 2.54. The molecule has 2 atom stereocenters. The van der Waals surface area contributed by atoms with Crippen LogP contribution in [0.2, 0.25) is 0 Å². The quantitative estimate of drug-likeness (QED) is 0.913. The average Bonchev–Trinajstić information content (AvgIpc) is 2.49. The minimum atomic E-state index is 0.146. The van der Waals surface area contributed by atoms with E-state index in [1.54, 1.807) is 7.05 Å². The molecule has 1 N–H and O–H groups in total. The molecule has 1 aromatic rings. The van der Waals surface area contributed by atoms with E-state index in [-0.39, 0.29) is 11.4 Å². The van der Waals surface area contributed by atoms with Crippen molar-refractivity contribution in [3.63, 3.8) is 0 Å². The van der Waals surface area contributed by atoms with Gasteiger partial charge in [0.2, 0.25) is 5.91 Å². The van der Waals surface area contributed by atoms with Gasteiger partial charge in [0.05, 0.1) is 5.54 Å². The number of amides is 1. The van der Waals surface area contributed by atoms with Crippen molar-refractivity contribution in [1.82, 2.24) is 10.2 Å². The van der Waals surface area contributed by atoms with Gasteiger partial charge < -0.3 is 5.32 Å². The number of rotatable bonds is 4. The Morgan fingerprint density at radius 2 is 2.15 bits per heavy atom. The number of carbonyl (C=O) groups is 1. The third-order valence-corrected chi connectivity index (χ3v) is 5.20. The Kier molecular flexibility index (Phi) is 3.79. The number of hydrogen-bond donors (Lipinski definition) is 1. The second-order valence-electron chi connectivity index (χ2n) is 6.10. The first-order valence-corrected chi connectivity index (χ1v) is 7.78. The molecule has 1 aromatic carbocycles. The van der Waals surface area contributed by atoms with Crippen molar-refractivity contribution in [2.75, 3.05) is 20.1 Å². The summed E-state index contributed by atoms with van der Waals surface area (Å²) in [7, 11) is 1.72. The summed E-state index contributed by atoms with van der Waals surface area (Å²) in [6.07, 6.45) is 5.86. The molecule has 0 bridgehead atoms. The van der Waals surface area contributed by atoms with Gasteiger partial charge in [-0.25, -0.2) is 0 Å². The van der Waals surface area contributed by atoms with Crippen LogP contribution in [0.15, 0.2) is 30.3 Å². The molecule has 3 nitrogen and oxygen atoms in total. The third-order valence-electron chi connectivity index (χ3n) is 5.20. The third kappa shape index (κ3) is 2.14. The van der Waals surface area contributed by atoms with E-state index in [1.807, 2.05) is 0 Å². The van der Waals surface area contributed by atoms with Crippen LogP contribution in [0.5, 0.6) is 0 Å². The van der Waals surface area contributed by atoms with Crippen LogP contribution in [0, 0.1) is 5.92 Å². The Labute approximate surface area is 121 Å². The maximum atomic E-state index is 11.5. The van der Waals surface area contributed by atoms with Crippen LogP contribution >= 0.6 is 0 Å². The van der Waals surface area contributed by atoms with Crippen molar-refractivity contribution < 1.29 is 4.79 Å². The van der Waals surface area contributed by atoms with Gasteiger partial charge in [-0.05, 0) is 24.3 Å². The van der Waals surface area contributed by atoms with E-state index >= 15 is 0 Å². The summed E-state index contributed by atoms with van der Waals surface area (Å²) in [5, 5.41) is 2.73. The highest BCUT2D eigenvalue weighted by molar-refractivity contribution is 5.75. The molecular weight excluding hydrogens is 248 g/mol. The van der Waals surface area contributed by atoms with Gasteiger partial charge in [-0.3, -0.25) is 9.69 Å². The zero-order valence-corrected chi connectivity index (χ0v) is 12.3. The number of nitrogens with zero attached hydrogens (tertiary/aromatic N) is 1. The first-order valence-electron chi connectivity index (χ1n) is 7.78. The Bertz CT molecular complexity index is 473. The van der Waals surface area contributed by atoms with Crippen molar-refractivity contribution in [2.24, 2.45) is 5.92 Å². The molecule has 1 heterocycles. The topological polar surface area (TPSA) is 32.3 Å². The zero-order valence-electron chi connectivity index (χ0n) is 12.3. The molecule has 3 rings (SSSR count). The lowest BCUT2D eigenvalue weighted by atomic mass is 9.61. The predicted octanol–water partition coefficient (Wildman–Crippen LogP) is 2.52. The second kappa shape index (κ2) is 5.57. The smallest absolute Gasteiger partial charge is 0.221 e. The van der Waals surface area contributed by atoms with E-state index in [0.29, 0.717) is 6.42 Å². The van der Waals surface area contributed by atoms with Crippen molar-refractivity contribution in [1.29, 1.82) is 0 Å². The second-order valence-corrected chi connectivity index (χ2v) is 6.10. The van der Waals surface area contributed by atoms with E-state index in [2.05, 4.69) is 40.5 Å². The van der Waals surface area contributed by atoms with Gasteiger partial charge in [0, 0.05) is 26.6 Å². The normalized spacial score (nSPS) is 29.4. The van der Waals surface area contributed by atoms with Gasteiger partial charge in [0.25, 0.3) is 0 Å². The molecule has 1 amide bonds. The number of carbonyl (C=O) groups excluding carboxylic acids is 1. The number of hydrogen-bond acceptors (Lipinski definition) is 2. The molecule has 20 heavy (non-hydrogen) atoms. The summed E-state index contributed by atoms with van der Waals surface area (Å²) < 4.78 is 0. The average molecular weight is 272 g/mol.